The Kier molecular flexibility index (Phi) is 4.87. The molecule has 100 valence electrons. The molecule has 0 radical (unpaired) electrons. The van der Waals surface area contributed by atoms with Crippen LogP contribution in [0.25, 0.3) is 0 Å². The highest BCUT2D eigenvalue weighted by molar-refractivity contribution is 4.94. The first-order valence-corrected chi connectivity index (χ1v) is 7.44. The Morgan fingerprint density at radius 2 is 2.12 bits per heavy atom. The smallest absolute Gasteiger partial charge is 0.0468 e. The molecule has 0 aromatic heterocycles. The second-order valence-corrected chi connectivity index (χ2v) is 6.51. The molecule has 2 atom stereocenters. The van der Waals surface area contributed by atoms with E-state index in [0.29, 0.717) is 5.41 Å². The average molecular weight is 239 g/mol. The standard InChI is InChI=1S/C15H29NO/c1-13-4-3-5-14(10-13)11-16-12-15(6-7-15)8-9-17-2/h13-14,16H,3-12H2,1-2H3. The quantitative estimate of drug-likeness (QED) is 0.736. The fraction of sp³-hybridized carbons (Fsp3) is 1.00. The third kappa shape index (κ3) is 4.26. The van der Waals surface area contributed by atoms with E-state index in [-0.39, 0.29) is 0 Å². The SMILES string of the molecule is COCCC1(CNCC2CCCC(C)C2)CC1. The van der Waals surface area contributed by atoms with Crippen LogP contribution in [0, 0.1) is 17.3 Å². The van der Waals surface area contributed by atoms with E-state index >= 15 is 0 Å². The summed E-state index contributed by atoms with van der Waals surface area (Å²) in [7, 11) is 1.81. The van der Waals surface area contributed by atoms with Gasteiger partial charge in [0, 0.05) is 20.3 Å². The maximum Gasteiger partial charge on any atom is 0.0468 e. The van der Waals surface area contributed by atoms with Crippen molar-refractivity contribution in [3.05, 3.63) is 0 Å². The van der Waals surface area contributed by atoms with Crippen molar-refractivity contribution >= 4 is 0 Å². The molecule has 2 aliphatic rings. The highest BCUT2D eigenvalue weighted by Crippen LogP contribution is 2.48. The molecule has 2 aliphatic carbocycles. The van der Waals surface area contributed by atoms with Crippen molar-refractivity contribution in [2.75, 3.05) is 26.8 Å². The van der Waals surface area contributed by atoms with E-state index in [0.717, 1.165) is 18.4 Å². The van der Waals surface area contributed by atoms with Crippen LogP contribution in [-0.4, -0.2) is 26.8 Å². The molecule has 0 heterocycles. The predicted octanol–water partition coefficient (Wildman–Crippen LogP) is 3.22. The Morgan fingerprint density at radius 1 is 1.29 bits per heavy atom. The van der Waals surface area contributed by atoms with Crippen LogP contribution < -0.4 is 5.32 Å². The Balaban J connectivity index is 1.59. The monoisotopic (exact) mass is 239 g/mol. The summed E-state index contributed by atoms with van der Waals surface area (Å²) >= 11 is 0. The van der Waals surface area contributed by atoms with Crippen LogP contribution in [-0.2, 0) is 4.74 Å². The molecule has 0 bridgehead atoms. The maximum atomic E-state index is 5.20. The molecule has 2 unspecified atom stereocenters. The van der Waals surface area contributed by atoms with E-state index in [9.17, 15) is 0 Å². The number of hydrogen-bond acceptors (Lipinski definition) is 2. The van der Waals surface area contributed by atoms with Crippen LogP contribution in [0.1, 0.15) is 51.9 Å². The Morgan fingerprint density at radius 3 is 2.76 bits per heavy atom. The van der Waals surface area contributed by atoms with Gasteiger partial charge in [0.25, 0.3) is 0 Å². The molecule has 2 fully saturated rings. The minimum Gasteiger partial charge on any atom is -0.385 e. The summed E-state index contributed by atoms with van der Waals surface area (Å²) in [4.78, 5) is 0. The fourth-order valence-corrected chi connectivity index (χ4v) is 3.30. The summed E-state index contributed by atoms with van der Waals surface area (Å²) in [6.07, 6.45) is 9.85. The minimum absolute atomic E-state index is 0.607. The molecule has 2 heteroatoms. The fourth-order valence-electron chi connectivity index (χ4n) is 3.30. The van der Waals surface area contributed by atoms with Crippen LogP contribution in [0.2, 0.25) is 0 Å². The lowest BCUT2D eigenvalue weighted by molar-refractivity contribution is 0.170. The van der Waals surface area contributed by atoms with Crippen LogP contribution >= 0.6 is 0 Å². The zero-order valence-corrected chi connectivity index (χ0v) is 11.6. The maximum absolute atomic E-state index is 5.20. The highest BCUT2D eigenvalue weighted by Gasteiger charge is 2.41. The second kappa shape index (κ2) is 6.19. The van der Waals surface area contributed by atoms with Gasteiger partial charge in [-0.1, -0.05) is 19.8 Å². The molecule has 17 heavy (non-hydrogen) atoms. The molecule has 2 nitrogen and oxygen atoms in total. The summed E-state index contributed by atoms with van der Waals surface area (Å²) in [5.41, 5.74) is 0.607. The highest BCUT2D eigenvalue weighted by atomic mass is 16.5. The van der Waals surface area contributed by atoms with Gasteiger partial charge in [0.1, 0.15) is 0 Å². The van der Waals surface area contributed by atoms with Crippen molar-refractivity contribution in [1.82, 2.24) is 5.32 Å². The summed E-state index contributed by atoms with van der Waals surface area (Å²) in [6.45, 7) is 5.82. The minimum atomic E-state index is 0.607. The van der Waals surface area contributed by atoms with Crippen molar-refractivity contribution in [3.63, 3.8) is 0 Å². The molecule has 0 aromatic carbocycles. The van der Waals surface area contributed by atoms with Gasteiger partial charge in [-0.15, -0.1) is 0 Å². The first-order chi connectivity index (χ1) is 8.24. The summed E-state index contributed by atoms with van der Waals surface area (Å²) in [5, 5.41) is 3.73. The Labute approximate surface area is 107 Å². The van der Waals surface area contributed by atoms with Gasteiger partial charge in [0.2, 0.25) is 0 Å². The normalized spacial score (nSPS) is 31.4. The largest absolute Gasteiger partial charge is 0.385 e. The molecule has 0 saturated heterocycles. The summed E-state index contributed by atoms with van der Waals surface area (Å²) < 4.78 is 5.20. The average Bonchev–Trinajstić information content (AvgIpc) is 3.07. The van der Waals surface area contributed by atoms with Gasteiger partial charge in [0.05, 0.1) is 0 Å². The number of rotatable bonds is 7. The molecule has 1 N–H and O–H groups in total. The molecular formula is C15H29NO. The van der Waals surface area contributed by atoms with E-state index in [2.05, 4.69) is 12.2 Å². The molecule has 2 saturated carbocycles. The zero-order chi connectivity index (χ0) is 12.1. The zero-order valence-electron chi connectivity index (χ0n) is 11.6. The van der Waals surface area contributed by atoms with E-state index in [1.807, 2.05) is 7.11 Å². The molecule has 0 aromatic rings. The van der Waals surface area contributed by atoms with E-state index in [4.69, 9.17) is 4.74 Å². The van der Waals surface area contributed by atoms with Crippen molar-refractivity contribution in [2.45, 2.75) is 51.9 Å². The van der Waals surface area contributed by atoms with E-state index in [1.54, 1.807) is 0 Å². The molecular weight excluding hydrogens is 210 g/mol. The summed E-state index contributed by atoms with van der Waals surface area (Å²) in [5.74, 6) is 1.90. The van der Waals surface area contributed by atoms with Gasteiger partial charge in [-0.05, 0) is 55.9 Å². The number of ether oxygens (including phenoxy) is 1. The van der Waals surface area contributed by atoms with Gasteiger partial charge >= 0.3 is 0 Å². The number of nitrogens with one attached hydrogen (secondary N) is 1. The lowest BCUT2D eigenvalue weighted by Crippen LogP contribution is -2.31. The predicted molar refractivity (Wildman–Crippen MR) is 72.2 cm³/mol. The number of hydrogen-bond donors (Lipinski definition) is 1. The molecule has 0 amide bonds. The van der Waals surface area contributed by atoms with E-state index in [1.165, 1.54) is 58.0 Å². The van der Waals surface area contributed by atoms with Gasteiger partial charge in [-0.25, -0.2) is 0 Å². The van der Waals surface area contributed by atoms with Crippen LogP contribution in [0.5, 0.6) is 0 Å². The lowest BCUT2D eigenvalue weighted by Gasteiger charge is -2.27. The van der Waals surface area contributed by atoms with Crippen molar-refractivity contribution < 1.29 is 4.74 Å². The molecule has 0 aliphatic heterocycles. The van der Waals surface area contributed by atoms with Gasteiger partial charge in [0.15, 0.2) is 0 Å². The molecule has 0 spiro atoms. The first kappa shape index (κ1) is 13.4. The third-order valence-electron chi connectivity index (χ3n) is 4.77. The van der Waals surface area contributed by atoms with Crippen LogP contribution in [0.15, 0.2) is 0 Å². The Hall–Kier alpha value is -0.0800. The number of methoxy groups -OCH3 is 1. The second-order valence-electron chi connectivity index (χ2n) is 6.51. The van der Waals surface area contributed by atoms with Crippen LogP contribution in [0.3, 0.4) is 0 Å². The first-order valence-electron chi connectivity index (χ1n) is 7.44. The topological polar surface area (TPSA) is 21.3 Å². The third-order valence-corrected chi connectivity index (χ3v) is 4.77. The van der Waals surface area contributed by atoms with E-state index < -0.39 is 0 Å². The molecule has 2 rings (SSSR count). The summed E-state index contributed by atoms with van der Waals surface area (Å²) in [6, 6.07) is 0. The van der Waals surface area contributed by atoms with Crippen LogP contribution in [0.4, 0.5) is 0 Å². The van der Waals surface area contributed by atoms with Gasteiger partial charge in [-0.2, -0.15) is 0 Å². The lowest BCUT2D eigenvalue weighted by atomic mass is 9.82. The van der Waals surface area contributed by atoms with Gasteiger partial charge < -0.3 is 10.1 Å². The van der Waals surface area contributed by atoms with Crippen molar-refractivity contribution in [1.29, 1.82) is 0 Å². The van der Waals surface area contributed by atoms with Gasteiger partial charge in [-0.3, -0.25) is 0 Å². The Bertz CT molecular complexity index is 225. The van der Waals surface area contributed by atoms with Crippen molar-refractivity contribution in [2.24, 2.45) is 17.3 Å². The van der Waals surface area contributed by atoms with Crippen molar-refractivity contribution in [3.8, 4) is 0 Å².